The van der Waals surface area contributed by atoms with E-state index in [4.69, 9.17) is 0 Å². The zero-order valence-corrected chi connectivity index (χ0v) is 12.2. The third kappa shape index (κ3) is 2.13. The van der Waals surface area contributed by atoms with Crippen LogP contribution in [0.4, 0.5) is 0 Å². The maximum atomic E-state index is 12.2. The van der Waals surface area contributed by atoms with Crippen LogP contribution < -0.4 is 5.56 Å². The molecule has 0 unspecified atom stereocenters. The summed E-state index contributed by atoms with van der Waals surface area (Å²) in [6, 6.07) is 3.29. The summed E-state index contributed by atoms with van der Waals surface area (Å²) >= 11 is 1.47. The molecule has 21 heavy (non-hydrogen) atoms. The fraction of sp³-hybridized carbons (Fsp3) is 0.286. The van der Waals surface area contributed by atoms with Gasteiger partial charge in [0.15, 0.2) is 10.8 Å². The molecule has 4 rings (SSSR count). The van der Waals surface area contributed by atoms with Crippen LogP contribution in [0, 0.1) is 0 Å². The van der Waals surface area contributed by atoms with Crippen molar-refractivity contribution in [2.24, 2.45) is 0 Å². The molecule has 3 heterocycles. The van der Waals surface area contributed by atoms with Gasteiger partial charge in [0.1, 0.15) is 0 Å². The molecule has 0 amide bonds. The molecule has 1 aliphatic carbocycles. The third-order valence-electron chi connectivity index (χ3n) is 3.62. The Hall–Kier alpha value is -2.15. The fourth-order valence-electron chi connectivity index (χ4n) is 2.41. The van der Waals surface area contributed by atoms with E-state index in [-0.39, 0.29) is 5.56 Å². The van der Waals surface area contributed by atoms with Gasteiger partial charge in [-0.15, -0.1) is 0 Å². The van der Waals surface area contributed by atoms with Gasteiger partial charge in [-0.3, -0.25) is 9.89 Å². The minimum atomic E-state index is -0.119. The highest BCUT2D eigenvalue weighted by atomic mass is 32.2. The number of rotatable bonds is 3. The Morgan fingerprint density at radius 1 is 1.33 bits per heavy atom. The van der Waals surface area contributed by atoms with Crippen molar-refractivity contribution in [2.75, 3.05) is 6.26 Å². The lowest BCUT2D eigenvalue weighted by Gasteiger charge is -2.03. The van der Waals surface area contributed by atoms with Crippen LogP contribution in [-0.2, 0) is 0 Å². The van der Waals surface area contributed by atoms with Gasteiger partial charge in [0.25, 0.3) is 5.56 Å². The zero-order valence-electron chi connectivity index (χ0n) is 11.4. The first-order valence-corrected chi connectivity index (χ1v) is 7.97. The monoisotopic (exact) mass is 299 g/mol. The Morgan fingerprint density at radius 2 is 2.19 bits per heavy atom. The Balaban J connectivity index is 1.92. The molecule has 0 radical (unpaired) electrons. The van der Waals surface area contributed by atoms with Crippen molar-refractivity contribution in [3.63, 3.8) is 0 Å². The van der Waals surface area contributed by atoms with Gasteiger partial charge in [0, 0.05) is 24.0 Å². The maximum Gasteiger partial charge on any atom is 0.273 e. The van der Waals surface area contributed by atoms with Crippen LogP contribution in [0.25, 0.3) is 17.0 Å². The quantitative estimate of drug-likeness (QED) is 0.592. The predicted molar refractivity (Wildman–Crippen MR) is 80.6 cm³/mol. The summed E-state index contributed by atoms with van der Waals surface area (Å²) < 4.78 is 1.49. The minimum Gasteiger partial charge on any atom is -0.297 e. The van der Waals surface area contributed by atoms with Gasteiger partial charge in [-0.2, -0.15) is 0 Å². The minimum absolute atomic E-state index is 0.119. The van der Waals surface area contributed by atoms with Crippen molar-refractivity contribution in [1.82, 2.24) is 24.6 Å². The van der Waals surface area contributed by atoms with Crippen molar-refractivity contribution in [1.29, 1.82) is 0 Å². The maximum absolute atomic E-state index is 12.2. The van der Waals surface area contributed by atoms with Crippen LogP contribution in [-0.4, -0.2) is 30.8 Å². The highest BCUT2D eigenvalue weighted by molar-refractivity contribution is 7.98. The van der Waals surface area contributed by atoms with Gasteiger partial charge in [0.2, 0.25) is 0 Å². The van der Waals surface area contributed by atoms with E-state index in [9.17, 15) is 4.79 Å². The van der Waals surface area contributed by atoms with E-state index in [2.05, 4.69) is 20.1 Å². The molecule has 0 aliphatic heterocycles. The van der Waals surface area contributed by atoms with Crippen LogP contribution in [0.1, 0.15) is 24.3 Å². The molecule has 0 bridgehead atoms. The molecular weight excluding hydrogens is 286 g/mol. The lowest BCUT2D eigenvalue weighted by molar-refractivity contribution is 0.896. The topological polar surface area (TPSA) is 75.9 Å². The average Bonchev–Trinajstić information content (AvgIpc) is 3.27. The number of nitrogens with zero attached hydrogens (tertiary/aromatic N) is 4. The molecule has 106 valence electrons. The second-order valence-corrected chi connectivity index (χ2v) is 5.84. The number of hydrogen-bond donors (Lipinski definition) is 1. The number of nitrogens with one attached hydrogen (secondary N) is 1. The summed E-state index contributed by atoms with van der Waals surface area (Å²) in [4.78, 5) is 25.4. The highest BCUT2D eigenvalue weighted by Crippen LogP contribution is 2.41. The van der Waals surface area contributed by atoms with Gasteiger partial charge in [-0.25, -0.2) is 19.5 Å². The van der Waals surface area contributed by atoms with Crippen LogP contribution in [0.3, 0.4) is 0 Å². The molecule has 0 saturated heterocycles. The first-order valence-electron chi connectivity index (χ1n) is 6.75. The fourth-order valence-corrected chi connectivity index (χ4v) is 2.76. The Bertz CT molecular complexity index is 880. The average molecular weight is 299 g/mol. The summed E-state index contributed by atoms with van der Waals surface area (Å²) in [7, 11) is 0. The van der Waals surface area contributed by atoms with Crippen molar-refractivity contribution in [2.45, 2.75) is 23.9 Å². The molecular formula is C14H13N5OS. The first-order chi connectivity index (χ1) is 10.3. The molecule has 7 heteroatoms. The van der Waals surface area contributed by atoms with Crippen LogP contribution in [0.5, 0.6) is 0 Å². The smallest absolute Gasteiger partial charge is 0.273 e. The van der Waals surface area contributed by atoms with Gasteiger partial charge >= 0.3 is 0 Å². The number of aromatic nitrogens is 5. The van der Waals surface area contributed by atoms with Gasteiger partial charge in [0.05, 0.1) is 11.4 Å². The zero-order chi connectivity index (χ0) is 14.4. The van der Waals surface area contributed by atoms with E-state index in [1.54, 1.807) is 12.3 Å². The van der Waals surface area contributed by atoms with Crippen molar-refractivity contribution >= 4 is 17.4 Å². The predicted octanol–water partition coefficient (Wildman–Crippen LogP) is 2.08. The van der Waals surface area contributed by atoms with Gasteiger partial charge < -0.3 is 0 Å². The van der Waals surface area contributed by atoms with E-state index in [0.717, 1.165) is 18.4 Å². The number of fused-ring (bicyclic) bond motifs is 1. The molecule has 1 saturated carbocycles. The van der Waals surface area contributed by atoms with Crippen LogP contribution >= 0.6 is 11.8 Å². The normalized spacial score (nSPS) is 14.7. The Labute approximate surface area is 124 Å². The van der Waals surface area contributed by atoms with Crippen molar-refractivity contribution < 1.29 is 0 Å². The summed E-state index contributed by atoms with van der Waals surface area (Å²) in [5.41, 5.74) is 2.99. The SMILES string of the molecule is CSc1nccc(-c2cc(=O)n3[nH]cc(C4CC4)c3n2)n1. The standard InChI is InChI=1S/C14H13N5OS/c1-21-14-15-5-4-10(18-14)11-6-12(20)19-13(17-11)9(7-16-19)8-2-3-8/h4-8,16H,2-3H2,1H3. The van der Waals surface area contributed by atoms with Crippen molar-refractivity contribution in [3.8, 4) is 11.4 Å². The second-order valence-electron chi connectivity index (χ2n) is 5.07. The first kappa shape index (κ1) is 12.6. The highest BCUT2D eigenvalue weighted by Gasteiger charge is 2.27. The van der Waals surface area contributed by atoms with Gasteiger partial charge in [-0.1, -0.05) is 11.8 Å². The van der Waals surface area contributed by atoms with E-state index in [1.807, 2.05) is 12.5 Å². The Morgan fingerprint density at radius 3 is 2.95 bits per heavy atom. The largest absolute Gasteiger partial charge is 0.297 e. The van der Waals surface area contributed by atoms with Crippen LogP contribution in [0.2, 0.25) is 0 Å². The number of hydrogen-bond acceptors (Lipinski definition) is 5. The van der Waals surface area contributed by atoms with Gasteiger partial charge in [-0.05, 0) is 31.1 Å². The summed E-state index contributed by atoms with van der Waals surface area (Å²) in [5.74, 6) is 0.528. The molecule has 1 fully saturated rings. The molecule has 6 nitrogen and oxygen atoms in total. The molecule has 0 spiro atoms. The Kier molecular flexibility index (Phi) is 2.81. The molecule has 3 aromatic rings. The summed E-state index contributed by atoms with van der Waals surface area (Å²) in [5, 5.41) is 3.66. The van der Waals surface area contributed by atoms with Crippen LogP contribution in [0.15, 0.2) is 34.5 Å². The lowest BCUT2D eigenvalue weighted by Crippen LogP contribution is -2.14. The van der Waals surface area contributed by atoms with Crippen molar-refractivity contribution in [3.05, 3.63) is 40.4 Å². The number of aromatic amines is 1. The second kappa shape index (κ2) is 4.70. The lowest BCUT2D eigenvalue weighted by atomic mass is 10.2. The summed E-state index contributed by atoms with van der Waals surface area (Å²) in [6.07, 6.45) is 7.83. The number of H-pyrrole nitrogens is 1. The third-order valence-corrected chi connectivity index (χ3v) is 4.18. The molecule has 3 aromatic heterocycles. The van der Waals surface area contributed by atoms with E-state index >= 15 is 0 Å². The van der Waals surface area contributed by atoms with E-state index in [1.165, 1.54) is 22.3 Å². The molecule has 1 N–H and O–H groups in total. The number of thioether (sulfide) groups is 1. The molecule has 0 aromatic carbocycles. The molecule has 1 aliphatic rings. The van der Waals surface area contributed by atoms with E-state index in [0.29, 0.717) is 28.1 Å². The summed E-state index contributed by atoms with van der Waals surface area (Å²) in [6.45, 7) is 0. The van der Waals surface area contributed by atoms with E-state index < -0.39 is 0 Å². The molecule has 0 atom stereocenters.